The van der Waals surface area contributed by atoms with Crippen LogP contribution in [0.3, 0.4) is 0 Å². The Labute approximate surface area is 65.1 Å². The van der Waals surface area contributed by atoms with Gasteiger partial charge in [-0.05, 0) is 6.42 Å². The Morgan fingerprint density at radius 2 is 2.00 bits per heavy atom. The molecule has 1 rings (SSSR count). The standard InChI is InChI=1S/C6H10O4S/c7-2-1-6(3-8)4-11(9,10)5-6/h3,7H,1-2,4-5H2. The van der Waals surface area contributed by atoms with Gasteiger partial charge in [-0.2, -0.15) is 0 Å². The summed E-state index contributed by atoms with van der Waals surface area (Å²) < 4.78 is 21.4. The molecule has 0 aromatic heterocycles. The summed E-state index contributed by atoms with van der Waals surface area (Å²) in [6, 6.07) is 0. The van der Waals surface area contributed by atoms with E-state index in [9.17, 15) is 13.2 Å². The number of aliphatic hydroxyl groups excluding tert-OH is 1. The topological polar surface area (TPSA) is 71.4 Å². The lowest BCUT2D eigenvalue weighted by atomic mass is 9.90. The molecule has 0 spiro atoms. The van der Waals surface area contributed by atoms with Crippen molar-refractivity contribution in [3.05, 3.63) is 0 Å². The van der Waals surface area contributed by atoms with E-state index in [1.807, 2.05) is 0 Å². The van der Waals surface area contributed by atoms with E-state index < -0.39 is 15.3 Å². The summed E-state index contributed by atoms with van der Waals surface area (Å²) in [5.74, 6) is -0.186. The highest BCUT2D eigenvalue weighted by atomic mass is 32.2. The number of carbonyl (C=O) groups excluding carboxylic acids is 1. The summed E-state index contributed by atoms with van der Waals surface area (Å²) in [5.41, 5.74) is -0.770. The van der Waals surface area contributed by atoms with E-state index in [-0.39, 0.29) is 24.5 Å². The smallest absolute Gasteiger partial charge is 0.152 e. The zero-order valence-electron chi connectivity index (χ0n) is 5.99. The number of aliphatic hydroxyl groups is 1. The Kier molecular flexibility index (Phi) is 2.02. The SMILES string of the molecule is O=CC1(CCO)CS(=O)(=O)C1. The van der Waals surface area contributed by atoms with Gasteiger partial charge in [0.25, 0.3) is 0 Å². The number of aldehydes is 1. The molecule has 1 aliphatic rings. The third kappa shape index (κ3) is 1.59. The first-order valence-corrected chi connectivity index (χ1v) is 5.13. The van der Waals surface area contributed by atoms with Crippen LogP contribution in [0.1, 0.15) is 6.42 Å². The van der Waals surface area contributed by atoms with Crippen LogP contribution in [0, 0.1) is 5.41 Å². The molecule has 0 radical (unpaired) electrons. The number of rotatable bonds is 3. The third-order valence-corrected chi connectivity index (χ3v) is 3.90. The summed E-state index contributed by atoms with van der Waals surface area (Å²) in [7, 11) is -2.97. The Morgan fingerprint density at radius 3 is 2.27 bits per heavy atom. The molecule has 0 bridgehead atoms. The first kappa shape index (κ1) is 8.67. The molecule has 0 aromatic rings. The van der Waals surface area contributed by atoms with Gasteiger partial charge in [0, 0.05) is 6.61 Å². The van der Waals surface area contributed by atoms with Crippen LogP contribution in [0.4, 0.5) is 0 Å². The van der Waals surface area contributed by atoms with E-state index in [1.165, 1.54) is 0 Å². The second-order valence-electron chi connectivity index (χ2n) is 2.99. The van der Waals surface area contributed by atoms with Gasteiger partial charge in [-0.3, -0.25) is 0 Å². The summed E-state index contributed by atoms with van der Waals surface area (Å²) in [6.07, 6.45) is 0.903. The van der Waals surface area contributed by atoms with E-state index in [2.05, 4.69) is 0 Å². The Morgan fingerprint density at radius 1 is 1.45 bits per heavy atom. The number of hydrogen-bond donors (Lipinski definition) is 1. The van der Waals surface area contributed by atoms with Crippen molar-refractivity contribution < 1.29 is 18.3 Å². The van der Waals surface area contributed by atoms with Crippen molar-refractivity contribution in [3.8, 4) is 0 Å². The van der Waals surface area contributed by atoms with Crippen molar-refractivity contribution >= 4 is 16.1 Å². The minimum absolute atomic E-state index is 0.0932. The number of sulfone groups is 1. The summed E-state index contributed by atoms with van der Waals surface area (Å²) in [6.45, 7) is -0.131. The van der Waals surface area contributed by atoms with Crippen molar-refractivity contribution in [1.29, 1.82) is 0 Å². The quantitative estimate of drug-likeness (QED) is 0.562. The van der Waals surface area contributed by atoms with Gasteiger partial charge in [0.05, 0.1) is 16.9 Å². The molecule has 0 aromatic carbocycles. The van der Waals surface area contributed by atoms with Gasteiger partial charge in [0.1, 0.15) is 6.29 Å². The Hall–Kier alpha value is -0.420. The maximum absolute atomic E-state index is 10.7. The highest BCUT2D eigenvalue weighted by Gasteiger charge is 2.47. The lowest BCUT2D eigenvalue weighted by Crippen LogP contribution is -2.50. The molecule has 1 fully saturated rings. The predicted octanol–water partition coefficient (Wildman–Crippen LogP) is -1.02. The number of carbonyl (C=O) groups is 1. The van der Waals surface area contributed by atoms with Gasteiger partial charge in [0.15, 0.2) is 9.84 Å². The van der Waals surface area contributed by atoms with E-state index in [0.29, 0.717) is 6.29 Å². The lowest BCUT2D eigenvalue weighted by molar-refractivity contribution is -0.115. The highest BCUT2D eigenvalue weighted by molar-refractivity contribution is 7.93. The van der Waals surface area contributed by atoms with E-state index in [1.54, 1.807) is 0 Å². The minimum Gasteiger partial charge on any atom is -0.396 e. The molecular formula is C6H10O4S. The monoisotopic (exact) mass is 178 g/mol. The summed E-state index contributed by atoms with van der Waals surface area (Å²) >= 11 is 0. The second-order valence-corrected chi connectivity index (χ2v) is 5.05. The van der Waals surface area contributed by atoms with Crippen LogP contribution in [0.5, 0.6) is 0 Å². The molecular weight excluding hydrogens is 168 g/mol. The highest BCUT2D eigenvalue weighted by Crippen LogP contribution is 2.33. The van der Waals surface area contributed by atoms with E-state index >= 15 is 0 Å². The summed E-state index contributed by atoms with van der Waals surface area (Å²) in [4.78, 5) is 10.4. The van der Waals surface area contributed by atoms with Crippen molar-refractivity contribution in [2.75, 3.05) is 18.1 Å². The molecule has 0 saturated carbocycles. The van der Waals surface area contributed by atoms with Crippen molar-refractivity contribution in [3.63, 3.8) is 0 Å². The molecule has 1 aliphatic heterocycles. The van der Waals surface area contributed by atoms with Gasteiger partial charge < -0.3 is 9.90 Å². The molecule has 0 aliphatic carbocycles. The second kappa shape index (κ2) is 2.57. The van der Waals surface area contributed by atoms with E-state index in [4.69, 9.17) is 5.11 Å². The summed E-state index contributed by atoms with van der Waals surface area (Å²) in [5, 5.41) is 8.51. The average Bonchev–Trinajstić information content (AvgIpc) is 1.84. The van der Waals surface area contributed by atoms with Crippen LogP contribution in [0.15, 0.2) is 0 Å². The molecule has 0 unspecified atom stereocenters. The zero-order valence-corrected chi connectivity index (χ0v) is 6.80. The maximum atomic E-state index is 10.7. The van der Waals surface area contributed by atoms with Crippen LogP contribution in [0.25, 0.3) is 0 Å². The van der Waals surface area contributed by atoms with E-state index in [0.717, 1.165) is 0 Å². The largest absolute Gasteiger partial charge is 0.396 e. The molecule has 11 heavy (non-hydrogen) atoms. The molecule has 4 nitrogen and oxygen atoms in total. The van der Waals surface area contributed by atoms with Crippen LogP contribution in [0.2, 0.25) is 0 Å². The minimum atomic E-state index is -2.97. The fourth-order valence-corrected chi connectivity index (χ4v) is 3.42. The van der Waals surface area contributed by atoms with Crippen molar-refractivity contribution in [2.45, 2.75) is 6.42 Å². The maximum Gasteiger partial charge on any atom is 0.152 e. The third-order valence-electron chi connectivity index (χ3n) is 1.87. The first-order chi connectivity index (χ1) is 5.04. The molecule has 1 saturated heterocycles. The first-order valence-electron chi connectivity index (χ1n) is 3.31. The Balaban J connectivity index is 2.64. The van der Waals surface area contributed by atoms with Gasteiger partial charge in [-0.1, -0.05) is 0 Å². The molecule has 1 heterocycles. The fraction of sp³-hybridized carbons (Fsp3) is 0.833. The van der Waals surface area contributed by atoms with Gasteiger partial charge >= 0.3 is 0 Å². The molecule has 0 amide bonds. The zero-order chi connectivity index (χ0) is 8.54. The molecule has 0 atom stereocenters. The average molecular weight is 178 g/mol. The van der Waals surface area contributed by atoms with Crippen LogP contribution < -0.4 is 0 Å². The van der Waals surface area contributed by atoms with Gasteiger partial charge in [-0.25, -0.2) is 8.42 Å². The van der Waals surface area contributed by atoms with Gasteiger partial charge in [0.2, 0.25) is 0 Å². The van der Waals surface area contributed by atoms with Crippen LogP contribution in [-0.4, -0.2) is 37.9 Å². The number of hydrogen-bond acceptors (Lipinski definition) is 4. The fourth-order valence-electron chi connectivity index (χ4n) is 1.33. The van der Waals surface area contributed by atoms with Gasteiger partial charge in [-0.15, -0.1) is 0 Å². The molecule has 1 N–H and O–H groups in total. The van der Waals surface area contributed by atoms with Crippen molar-refractivity contribution in [2.24, 2.45) is 5.41 Å². The predicted molar refractivity (Wildman–Crippen MR) is 38.9 cm³/mol. The molecule has 5 heteroatoms. The van der Waals surface area contributed by atoms with Crippen LogP contribution >= 0.6 is 0 Å². The Bertz CT molecular complexity index is 242. The normalized spacial score (nSPS) is 25.5. The lowest BCUT2D eigenvalue weighted by Gasteiger charge is -2.35. The molecule has 64 valence electrons. The van der Waals surface area contributed by atoms with Crippen molar-refractivity contribution in [1.82, 2.24) is 0 Å². The van der Waals surface area contributed by atoms with Crippen LogP contribution in [-0.2, 0) is 14.6 Å².